The van der Waals surface area contributed by atoms with Gasteiger partial charge in [-0.25, -0.2) is 4.98 Å². The predicted molar refractivity (Wildman–Crippen MR) is 78.7 cm³/mol. The molecular weight excluding hydrogens is 286 g/mol. The number of methoxy groups -OCH3 is 1. The Balaban J connectivity index is 1.87. The van der Waals surface area contributed by atoms with E-state index in [1.807, 2.05) is 13.8 Å². The van der Waals surface area contributed by atoms with E-state index in [0.717, 1.165) is 19.4 Å². The van der Waals surface area contributed by atoms with Crippen LogP contribution in [0.3, 0.4) is 0 Å². The highest BCUT2D eigenvalue weighted by Gasteiger charge is 2.26. The van der Waals surface area contributed by atoms with E-state index in [1.165, 1.54) is 10.9 Å². The quantitative estimate of drug-likeness (QED) is 0.897. The van der Waals surface area contributed by atoms with Gasteiger partial charge in [0, 0.05) is 13.7 Å². The van der Waals surface area contributed by atoms with E-state index in [4.69, 9.17) is 9.26 Å². The first-order valence-electron chi connectivity index (χ1n) is 7.21. The molecule has 0 saturated heterocycles. The summed E-state index contributed by atoms with van der Waals surface area (Å²) in [6, 6.07) is 0. The zero-order chi connectivity index (χ0) is 15.7. The molecule has 22 heavy (non-hydrogen) atoms. The summed E-state index contributed by atoms with van der Waals surface area (Å²) < 4.78 is 12.0. The molecule has 2 aromatic heterocycles. The fourth-order valence-electron chi connectivity index (χ4n) is 2.30. The normalized spacial score (nSPS) is 14.5. The molecule has 1 N–H and O–H groups in total. The van der Waals surface area contributed by atoms with Crippen LogP contribution in [0.4, 0.5) is 5.82 Å². The van der Waals surface area contributed by atoms with Crippen molar-refractivity contribution in [2.24, 2.45) is 0 Å². The summed E-state index contributed by atoms with van der Waals surface area (Å²) in [4.78, 5) is 21.0. The number of fused-ring (bicyclic) bond motifs is 1. The zero-order valence-corrected chi connectivity index (χ0v) is 12.9. The second-order valence-corrected chi connectivity index (χ2v) is 5.76. The smallest absolute Gasteiger partial charge is 0.259 e. The summed E-state index contributed by atoms with van der Waals surface area (Å²) in [5, 5.41) is 7.05. The first kappa shape index (κ1) is 14.7. The summed E-state index contributed by atoms with van der Waals surface area (Å²) in [6.07, 6.45) is 3.17. The number of rotatable bonds is 4. The van der Waals surface area contributed by atoms with E-state index >= 15 is 0 Å². The van der Waals surface area contributed by atoms with Crippen molar-refractivity contribution in [3.63, 3.8) is 0 Å². The second-order valence-electron chi connectivity index (χ2n) is 5.76. The molecule has 0 saturated carbocycles. The molecule has 0 aromatic carbocycles. The van der Waals surface area contributed by atoms with Gasteiger partial charge in [-0.2, -0.15) is 4.98 Å². The van der Waals surface area contributed by atoms with Crippen LogP contribution < -0.4 is 10.9 Å². The Morgan fingerprint density at radius 2 is 2.32 bits per heavy atom. The van der Waals surface area contributed by atoms with Crippen molar-refractivity contribution in [1.82, 2.24) is 19.7 Å². The summed E-state index contributed by atoms with van der Waals surface area (Å²) in [7, 11) is 1.58. The summed E-state index contributed by atoms with van der Waals surface area (Å²) in [6.45, 7) is 4.74. The fraction of sp³-hybridized carbons (Fsp3) is 0.571. The van der Waals surface area contributed by atoms with E-state index in [-0.39, 0.29) is 12.1 Å². The number of anilines is 1. The van der Waals surface area contributed by atoms with Crippen LogP contribution in [0.5, 0.6) is 0 Å². The first-order valence-corrected chi connectivity index (χ1v) is 7.21. The summed E-state index contributed by atoms with van der Waals surface area (Å²) >= 11 is 0. The standard InChI is InChI=1S/C14H19N5O3/c1-14(2,21-3)13-17-10(22-18-13)7-19-8-16-11-9(12(19)20)5-4-6-15-11/h8,15H,4-7H2,1-3H3. The molecule has 0 amide bonds. The molecule has 2 aromatic rings. The lowest BCUT2D eigenvalue weighted by Crippen LogP contribution is -2.29. The van der Waals surface area contributed by atoms with Crippen molar-refractivity contribution in [2.45, 2.75) is 38.8 Å². The molecule has 1 aliphatic heterocycles. The van der Waals surface area contributed by atoms with Crippen molar-refractivity contribution in [3.8, 4) is 0 Å². The van der Waals surface area contributed by atoms with Gasteiger partial charge in [0.05, 0.1) is 5.56 Å². The molecule has 3 rings (SSSR count). The molecule has 0 bridgehead atoms. The van der Waals surface area contributed by atoms with Crippen LogP contribution in [-0.2, 0) is 23.3 Å². The monoisotopic (exact) mass is 305 g/mol. The van der Waals surface area contributed by atoms with Crippen LogP contribution >= 0.6 is 0 Å². The number of aromatic nitrogens is 4. The van der Waals surface area contributed by atoms with E-state index in [1.54, 1.807) is 7.11 Å². The Bertz CT molecular complexity index is 734. The van der Waals surface area contributed by atoms with Gasteiger partial charge >= 0.3 is 0 Å². The third kappa shape index (κ3) is 2.61. The lowest BCUT2D eigenvalue weighted by Gasteiger charge is -2.17. The Morgan fingerprint density at radius 3 is 3.09 bits per heavy atom. The molecular formula is C14H19N5O3. The highest BCUT2D eigenvalue weighted by atomic mass is 16.5. The van der Waals surface area contributed by atoms with Gasteiger partial charge in [0.15, 0.2) is 0 Å². The molecule has 8 heteroatoms. The molecule has 1 aliphatic rings. The van der Waals surface area contributed by atoms with Crippen LogP contribution in [0.15, 0.2) is 15.6 Å². The molecule has 0 spiro atoms. The number of nitrogens with zero attached hydrogens (tertiary/aromatic N) is 4. The molecule has 118 valence electrons. The summed E-state index contributed by atoms with van der Waals surface area (Å²) in [5.74, 6) is 1.48. The van der Waals surface area contributed by atoms with Gasteiger partial charge in [0.2, 0.25) is 11.7 Å². The van der Waals surface area contributed by atoms with Crippen LogP contribution in [0.25, 0.3) is 0 Å². The Kier molecular flexibility index (Phi) is 3.69. The van der Waals surface area contributed by atoms with Crippen molar-refractivity contribution in [3.05, 3.63) is 34.0 Å². The Hall–Kier alpha value is -2.22. The minimum absolute atomic E-state index is 0.0667. The van der Waals surface area contributed by atoms with E-state index in [2.05, 4.69) is 20.4 Å². The van der Waals surface area contributed by atoms with E-state index in [9.17, 15) is 4.79 Å². The predicted octanol–water partition coefficient (Wildman–Crippen LogP) is 0.914. The largest absolute Gasteiger partial charge is 0.371 e. The first-order chi connectivity index (χ1) is 10.5. The second kappa shape index (κ2) is 5.53. The molecule has 0 radical (unpaired) electrons. The number of ether oxygens (including phenoxy) is 1. The van der Waals surface area contributed by atoms with Crippen LogP contribution in [0, 0.1) is 0 Å². The van der Waals surface area contributed by atoms with Gasteiger partial charge in [0.25, 0.3) is 5.56 Å². The maximum absolute atomic E-state index is 12.4. The highest BCUT2D eigenvalue weighted by Crippen LogP contribution is 2.20. The molecule has 0 aliphatic carbocycles. The average molecular weight is 305 g/mol. The van der Waals surface area contributed by atoms with E-state index < -0.39 is 5.60 Å². The van der Waals surface area contributed by atoms with Crippen molar-refractivity contribution >= 4 is 5.82 Å². The molecule has 0 fully saturated rings. The van der Waals surface area contributed by atoms with Gasteiger partial charge in [-0.05, 0) is 26.7 Å². The Labute approximate surface area is 127 Å². The molecule has 0 unspecified atom stereocenters. The van der Waals surface area contributed by atoms with Crippen molar-refractivity contribution < 1.29 is 9.26 Å². The van der Waals surface area contributed by atoms with Crippen molar-refractivity contribution in [1.29, 1.82) is 0 Å². The van der Waals surface area contributed by atoms with Crippen molar-refractivity contribution in [2.75, 3.05) is 19.0 Å². The van der Waals surface area contributed by atoms with Gasteiger partial charge in [-0.1, -0.05) is 5.16 Å². The number of hydrogen-bond acceptors (Lipinski definition) is 7. The fourth-order valence-corrected chi connectivity index (χ4v) is 2.30. The highest BCUT2D eigenvalue weighted by molar-refractivity contribution is 5.44. The number of hydrogen-bond donors (Lipinski definition) is 1. The maximum Gasteiger partial charge on any atom is 0.259 e. The number of nitrogens with one attached hydrogen (secondary N) is 1. The van der Waals surface area contributed by atoms with Gasteiger partial charge in [-0.15, -0.1) is 0 Å². The zero-order valence-electron chi connectivity index (χ0n) is 12.9. The minimum Gasteiger partial charge on any atom is -0.371 e. The Morgan fingerprint density at radius 1 is 1.50 bits per heavy atom. The van der Waals surface area contributed by atoms with Crippen LogP contribution in [0.2, 0.25) is 0 Å². The lowest BCUT2D eigenvalue weighted by molar-refractivity contribution is 0.00973. The average Bonchev–Trinajstić information content (AvgIpc) is 3.00. The molecule has 3 heterocycles. The lowest BCUT2D eigenvalue weighted by atomic mass is 10.1. The van der Waals surface area contributed by atoms with Crippen LogP contribution in [-0.4, -0.2) is 33.3 Å². The maximum atomic E-state index is 12.4. The van der Waals surface area contributed by atoms with E-state index in [0.29, 0.717) is 23.1 Å². The third-order valence-electron chi connectivity index (χ3n) is 3.85. The summed E-state index contributed by atoms with van der Waals surface area (Å²) in [5.41, 5.74) is 0.0127. The van der Waals surface area contributed by atoms with Gasteiger partial charge in [-0.3, -0.25) is 9.36 Å². The third-order valence-corrected chi connectivity index (χ3v) is 3.85. The van der Waals surface area contributed by atoms with Crippen LogP contribution in [0.1, 0.15) is 37.5 Å². The molecule has 8 nitrogen and oxygen atoms in total. The topological polar surface area (TPSA) is 95.1 Å². The SMILES string of the molecule is COC(C)(C)c1noc(Cn2cnc3c(c2=O)CCCN3)n1. The molecule has 0 atom stereocenters. The minimum atomic E-state index is -0.634. The van der Waals surface area contributed by atoms with Gasteiger partial charge < -0.3 is 14.6 Å². The van der Waals surface area contributed by atoms with Gasteiger partial charge in [0.1, 0.15) is 24.3 Å².